The zero-order valence-corrected chi connectivity index (χ0v) is 14.5. The SMILES string of the molecule is COC(C)(C)CCOCc1ccc(CNC(C)(C)C)s1. The van der Waals surface area contributed by atoms with E-state index in [0.717, 1.165) is 19.6 Å². The van der Waals surface area contributed by atoms with Gasteiger partial charge in [0.05, 0.1) is 12.2 Å². The van der Waals surface area contributed by atoms with Gasteiger partial charge in [0.25, 0.3) is 0 Å². The summed E-state index contributed by atoms with van der Waals surface area (Å²) in [6, 6.07) is 4.34. The second-order valence-corrected chi connectivity index (χ2v) is 7.99. The first-order valence-corrected chi connectivity index (χ1v) is 7.99. The van der Waals surface area contributed by atoms with Gasteiger partial charge in [-0.1, -0.05) is 0 Å². The van der Waals surface area contributed by atoms with Gasteiger partial charge in [-0.15, -0.1) is 11.3 Å². The molecule has 0 radical (unpaired) electrons. The van der Waals surface area contributed by atoms with Crippen molar-refractivity contribution in [1.29, 1.82) is 0 Å². The van der Waals surface area contributed by atoms with Gasteiger partial charge in [-0.25, -0.2) is 0 Å². The van der Waals surface area contributed by atoms with Crippen molar-refractivity contribution in [3.63, 3.8) is 0 Å². The summed E-state index contributed by atoms with van der Waals surface area (Å²) in [5.41, 5.74) is 0.0592. The molecule has 1 aromatic rings. The highest BCUT2D eigenvalue weighted by Gasteiger charge is 2.15. The lowest BCUT2D eigenvalue weighted by molar-refractivity contribution is -0.0121. The van der Waals surface area contributed by atoms with Crippen molar-refractivity contribution < 1.29 is 9.47 Å². The molecule has 0 spiro atoms. The minimum absolute atomic E-state index is 0.1000. The molecule has 4 heteroatoms. The number of rotatable bonds is 8. The van der Waals surface area contributed by atoms with Gasteiger partial charge in [-0.3, -0.25) is 0 Å². The van der Waals surface area contributed by atoms with Crippen LogP contribution in [-0.2, 0) is 22.6 Å². The fourth-order valence-electron chi connectivity index (χ4n) is 1.54. The summed E-state index contributed by atoms with van der Waals surface area (Å²) in [6.07, 6.45) is 0.910. The fourth-order valence-corrected chi connectivity index (χ4v) is 2.44. The molecule has 0 bridgehead atoms. The molecule has 0 aliphatic carbocycles. The quantitative estimate of drug-likeness (QED) is 0.737. The molecule has 0 saturated heterocycles. The second-order valence-electron chi connectivity index (χ2n) is 6.74. The lowest BCUT2D eigenvalue weighted by atomic mass is 10.1. The summed E-state index contributed by atoms with van der Waals surface area (Å²) in [4.78, 5) is 2.64. The molecule has 0 aliphatic heterocycles. The maximum absolute atomic E-state index is 5.73. The highest BCUT2D eigenvalue weighted by atomic mass is 32.1. The Morgan fingerprint density at radius 1 is 1.10 bits per heavy atom. The first-order chi connectivity index (χ1) is 9.22. The molecule has 20 heavy (non-hydrogen) atoms. The van der Waals surface area contributed by atoms with Crippen molar-refractivity contribution in [2.45, 2.75) is 65.3 Å². The molecule has 0 aromatic carbocycles. The van der Waals surface area contributed by atoms with E-state index in [1.807, 2.05) is 11.3 Å². The summed E-state index contributed by atoms with van der Waals surface area (Å²) in [5, 5.41) is 3.50. The summed E-state index contributed by atoms with van der Waals surface area (Å²) in [5.74, 6) is 0. The number of hydrogen-bond acceptors (Lipinski definition) is 4. The van der Waals surface area contributed by atoms with Crippen LogP contribution in [0.15, 0.2) is 12.1 Å². The summed E-state index contributed by atoms with van der Waals surface area (Å²) >= 11 is 1.82. The van der Waals surface area contributed by atoms with Gasteiger partial charge < -0.3 is 14.8 Å². The van der Waals surface area contributed by atoms with Gasteiger partial charge in [0.15, 0.2) is 0 Å². The van der Waals surface area contributed by atoms with Crippen LogP contribution in [0.25, 0.3) is 0 Å². The van der Waals surface area contributed by atoms with Gasteiger partial charge in [0.1, 0.15) is 0 Å². The van der Waals surface area contributed by atoms with Crippen LogP contribution in [-0.4, -0.2) is 24.9 Å². The van der Waals surface area contributed by atoms with E-state index in [4.69, 9.17) is 9.47 Å². The van der Waals surface area contributed by atoms with Crippen molar-refractivity contribution in [1.82, 2.24) is 5.32 Å². The van der Waals surface area contributed by atoms with E-state index in [9.17, 15) is 0 Å². The van der Waals surface area contributed by atoms with Crippen LogP contribution in [0.4, 0.5) is 0 Å². The number of thiophene rings is 1. The number of methoxy groups -OCH3 is 1. The summed E-state index contributed by atoms with van der Waals surface area (Å²) in [6.45, 7) is 13.1. The Morgan fingerprint density at radius 2 is 1.75 bits per heavy atom. The molecule has 1 aromatic heterocycles. The van der Waals surface area contributed by atoms with Gasteiger partial charge in [0, 0.05) is 35.6 Å². The Morgan fingerprint density at radius 3 is 2.35 bits per heavy atom. The van der Waals surface area contributed by atoms with Crippen LogP contribution in [0.2, 0.25) is 0 Å². The van der Waals surface area contributed by atoms with Crippen LogP contribution in [0.5, 0.6) is 0 Å². The normalized spacial score (nSPS) is 12.9. The maximum atomic E-state index is 5.73. The van der Waals surface area contributed by atoms with Crippen LogP contribution in [0, 0.1) is 0 Å². The smallest absolute Gasteiger partial charge is 0.0809 e. The highest BCUT2D eigenvalue weighted by Crippen LogP contribution is 2.19. The average molecular weight is 299 g/mol. The first-order valence-electron chi connectivity index (χ1n) is 7.17. The van der Waals surface area contributed by atoms with Gasteiger partial charge >= 0.3 is 0 Å². The Kier molecular flexibility index (Phi) is 6.65. The molecular weight excluding hydrogens is 270 g/mol. The van der Waals surface area contributed by atoms with Gasteiger partial charge in [0.2, 0.25) is 0 Å². The Balaban J connectivity index is 2.27. The molecule has 0 fully saturated rings. The van der Waals surface area contributed by atoms with Crippen molar-refractivity contribution in [2.24, 2.45) is 0 Å². The third kappa shape index (κ3) is 7.39. The molecule has 0 aliphatic rings. The van der Waals surface area contributed by atoms with E-state index in [2.05, 4.69) is 52.1 Å². The van der Waals surface area contributed by atoms with E-state index in [0.29, 0.717) is 6.61 Å². The molecule has 1 N–H and O–H groups in total. The van der Waals surface area contributed by atoms with Crippen molar-refractivity contribution in [3.05, 3.63) is 21.9 Å². The molecule has 1 rings (SSSR count). The van der Waals surface area contributed by atoms with Gasteiger partial charge in [-0.2, -0.15) is 0 Å². The minimum Gasteiger partial charge on any atom is -0.379 e. The van der Waals surface area contributed by atoms with Crippen molar-refractivity contribution >= 4 is 11.3 Å². The molecule has 3 nitrogen and oxygen atoms in total. The third-order valence-corrected chi connectivity index (χ3v) is 4.21. The van der Waals surface area contributed by atoms with E-state index in [1.165, 1.54) is 9.75 Å². The Labute approximate surface area is 127 Å². The molecule has 116 valence electrons. The largest absolute Gasteiger partial charge is 0.379 e. The number of ether oxygens (including phenoxy) is 2. The van der Waals surface area contributed by atoms with Crippen molar-refractivity contribution in [2.75, 3.05) is 13.7 Å². The third-order valence-electron chi connectivity index (χ3n) is 3.16. The predicted molar refractivity (Wildman–Crippen MR) is 86.3 cm³/mol. The predicted octanol–water partition coefficient (Wildman–Crippen LogP) is 3.97. The lowest BCUT2D eigenvalue weighted by Crippen LogP contribution is -2.34. The van der Waals surface area contributed by atoms with E-state index in [1.54, 1.807) is 7.11 Å². The molecule has 1 heterocycles. The number of nitrogens with one attached hydrogen (secondary N) is 1. The highest BCUT2D eigenvalue weighted by molar-refractivity contribution is 7.11. The Bertz CT molecular complexity index is 393. The number of hydrogen-bond donors (Lipinski definition) is 1. The summed E-state index contributed by atoms with van der Waals surface area (Å²) in [7, 11) is 1.74. The molecule has 0 unspecified atom stereocenters. The topological polar surface area (TPSA) is 30.5 Å². The zero-order valence-electron chi connectivity index (χ0n) is 13.7. The van der Waals surface area contributed by atoms with Crippen LogP contribution in [0.3, 0.4) is 0 Å². The first kappa shape index (κ1) is 17.6. The molecular formula is C16H29NO2S. The molecule has 0 amide bonds. The van der Waals surface area contributed by atoms with Crippen molar-refractivity contribution in [3.8, 4) is 0 Å². The zero-order chi connectivity index (χ0) is 15.2. The summed E-state index contributed by atoms with van der Waals surface area (Å²) < 4.78 is 11.1. The lowest BCUT2D eigenvalue weighted by Gasteiger charge is -2.22. The maximum Gasteiger partial charge on any atom is 0.0809 e. The Hall–Kier alpha value is -0.420. The van der Waals surface area contributed by atoms with Crippen LogP contribution >= 0.6 is 11.3 Å². The fraction of sp³-hybridized carbons (Fsp3) is 0.750. The standard InChI is InChI=1S/C16H29NO2S/c1-15(2,3)17-11-13-7-8-14(20-13)12-19-10-9-16(4,5)18-6/h7-8,17H,9-12H2,1-6H3. The average Bonchev–Trinajstić information content (AvgIpc) is 2.79. The van der Waals surface area contributed by atoms with E-state index in [-0.39, 0.29) is 11.1 Å². The van der Waals surface area contributed by atoms with Crippen LogP contribution < -0.4 is 5.32 Å². The minimum atomic E-state index is -0.1000. The van der Waals surface area contributed by atoms with E-state index < -0.39 is 0 Å². The molecule has 0 atom stereocenters. The van der Waals surface area contributed by atoms with E-state index >= 15 is 0 Å². The second kappa shape index (κ2) is 7.55. The molecule has 0 saturated carbocycles. The van der Waals surface area contributed by atoms with Gasteiger partial charge in [-0.05, 0) is 53.2 Å². The van der Waals surface area contributed by atoms with Crippen LogP contribution in [0.1, 0.15) is 50.8 Å². The monoisotopic (exact) mass is 299 g/mol.